The average molecular weight is 416 g/mol. The highest BCUT2D eigenvalue weighted by atomic mass is 16.2. The monoisotopic (exact) mass is 415 g/mol. The van der Waals surface area contributed by atoms with Gasteiger partial charge in [0.15, 0.2) is 0 Å². The van der Waals surface area contributed by atoms with Gasteiger partial charge in [-0.15, -0.1) is 0 Å². The molecular weight excluding hydrogens is 386 g/mol. The van der Waals surface area contributed by atoms with Crippen molar-refractivity contribution in [2.24, 2.45) is 5.92 Å². The van der Waals surface area contributed by atoms with Gasteiger partial charge in [-0.2, -0.15) is 5.26 Å². The van der Waals surface area contributed by atoms with Crippen LogP contribution in [-0.4, -0.2) is 40.7 Å². The number of benzene rings is 2. The van der Waals surface area contributed by atoms with Gasteiger partial charge in [0.2, 0.25) is 5.91 Å². The summed E-state index contributed by atoms with van der Waals surface area (Å²) in [6.45, 7) is 3.99. The van der Waals surface area contributed by atoms with Crippen LogP contribution in [0.2, 0.25) is 0 Å². The Morgan fingerprint density at radius 2 is 1.58 bits per heavy atom. The minimum absolute atomic E-state index is 0.0355. The Kier molecular flexibility index (Phi) is 6.36. The first kappa shape index (κ1) is 21.1. The fraction of sp³-hybridized carbons (Fsp3) is 0.423. The summed E-state index contributed by atoms with van der Waals surface area (Å²) < 4.78 is 0. The summed E-state index contributed by atoms with van der Waals surface area (Å²) in [5.41, 5.74) is 3.67. The Bertz CT molecular complexity index is 963. The molecule has 2 amide bonds. The van der Waals surface area contributed by atoms with Crippen molar-refractivity contribution in [1.82, 2.24) is 9.80 Å². The number of hydrogen-bond donors (Lipinski definition) is 0. The van der Waals surface area contributed by atoms with Crippen LogP contribution >= 0.6 is 0 Å². The Balaban J connectivity index is 1.36. The lowest BCUT2D eigenvalue weighted by Gasteiger charge is -2.31. The van der Waals surface area contributed by atoms with E-state index in [0.29, 0.717) is 29.6 Å². The molecule has 0 atom stereocenters. The molecule has 1 aliphatic carbocycles. The van der Waals surface area contributed by atoms with Crippen molar-refractivity contribution < 1.29 is 9.59 Å². The van der Waals surface area contributed by atoms with E-state index in [9.17, 15) is 9.59 Å². The molecule has 160 valence electrons. The standard InChI is InChI=1S/C26H29N3O2/c1-19(30)28-14-12-21(13-15-28)16-20-2-4-23(5-3-20)18-29(25-10-11-25)26(31)24-8-6-22(17-27)7-9-24/h2-9,21,25H,10-16,18H2,1H3. The molecule has 1 saturated carbocycles. The van der Waals surface area contributed by atoms with Crippen molar-refractivity contribution in [1.29, 1.82) is 5.26 Å². The van der Waals surface area contributed by atoms with Crippen LogP contribution in [0.4, 0.5) is 0 Å². The Morgan fingerprint density at radius 3 is 2.13 bits per heavy atom. The van der Waals surface area contributed by atoms with Crippen molar-refractivity contribution in [3.05, 3.63) is 70.8 Å². The second kappa shape index (κ2) is 9.34. The topological polar surface area (TPSA) is 64.4 Å². The summed E-state index contributed by atoms with van der Waals surface area (Å²) in [5.74, 6) is 0.842. The molecule has 1 saturated heterocycles. The minimum atomic E-state index is 0.0355. The van der Waals surface area contributed by atoms with E-state index in [-0.39, 0.29) is 11.8 Å². The summed E-state index contributed by atoms with van der Waals surface area (Å²) in [6, 6.07) is 18.0. The van der Waals surface area contributed by atoms with E-state index in [1.54, 1.807) is 31.2 Å². The number of hydrogen-bond acceptors (Lipinski definition) is 3. The van der Waals surface area contributed by atoms with Crippen molar-refractivity contribution >= 4 is 11.8 Å². The minimum Gasteiger partial charge on any atom is -0.343 e. The first-order chi connectivity index (χ1) is 15.0. The quantitative estimate of drug-likeness (QED) is 0.711. The number of piperidine rings is 1. The largest absolute Gasteiger partial charge is 0.343 e. The van der Waals surface area contributed by atoms with Gasteiger partial charge in [0.25, 0.3) is 5.91 Å². The third-order valence-electron chi connectivity index (χ3n) is 6.47. The molecular formula is C26H29N3O2. The third-order valence-corrected chi connectivity index (χ3v) is 6.47. The van der Waals surface area contributed by atoms with Gasteiger partial charge in [0, 0.05) is 38.2 Å². The molecule has 0 unspecified atom stereocenters. The van der Waals surface area contributed by atoms with Gasteiger partial charge >= 0.3 is 0 Å². The van der Waals surface area contributed by atoms with Gasteiger partial charge < -0.3 is 9.80 Å². The van der Waals surface area contributed by atoms with E-state index >= 15 is 0 Å². The van der Waals surface area contributed by atoms with Crippen LogP contribution in [0.3, 0.4) is 0 Å². The molecule has 0 N–H and O–H groups in total. The number of carbonyl (C=O) groups is 2. The Hall–Kier alpha value is -3.13. The highest BCUT2D eigenvalue weighted by molar-refractivity contribution is 5.94. The van der Waals surface area contributed by atoms with Gasteiger partial charge in [0.05, 0.1) is 11.6 Å². The van der Waals surface area contributed by atoms with E-state index in [2.05, 4.69) is 30.3 Å². The zero-order valence-corrected chi connectivity index (χ0v) is 18.1. The maximum atomic E-state index is 13.0. The molecule has 1 aliphatic heterocycles. The van der Waals surface area contributed by atoms with Crippen molar-refractivity contribution in [3.8, 4) is 6.07 Å². The fourth-order valence-electron chi connectivity index (χ4n) is 4.37. The predicted octanol–water partition coefficient (Wildman–Crippen LogP) is 4.16. The molecule has 2 fully saturated rings. The normalized spacial score (nSPS) is 16.6. The second-order valence-electron chi connectivity index (χ2n) is 8.82. The highest BCUT2D eigenvalue weighted by Gasteiger charge is 2.33. The van der Waals surface area contributed by atoms with Crippen molar-refractivity contribution in [2.75, 3.05) is 13.1 Å². The number of likely N-dealkylation sites (tertiary alicyclic amines) is 1. The molecule has 5 nitrogen and oxygen atoms in total. The molecule has 2 aromatic carbocycles. The summed E-state index contributed by atoms with van der Waals surface area (Å²) in [6.07, 6.45) is 5.28. The number of nitrogens with zero attached hydrogens (tertiary/aromatic N) is 3. The van der Waals surface area contributed by atoms with Crippen LogP contribution in [0.15, 0.2) is 48.5 Å². The third kappa shape index (κ3) is 5.32. The number of amides is 2. The smallest absolute Gasteiger partial charge is 0.254 e. The van der Waals surface area contributed by atoms with Crippen LogP contribution in [0.1, 0.15) is 59.7 Å². The lowest BCUT2D eigenvalue weighted by Crippen LogP contribution is -2.37. The van der Waals surface area contributed by atoms with E-state index < -0.39 is 0 Å². The molecule has 31 heavy (non-hydrogen) atoms. The van der Waals surface area contributed by atoms with Crippen LogP contribution in [0, 0.1) is 17.2 Å². The summed E-state index contributed by atoms with van der Waals surface area (Å²) in [7, 11) is 0. The van der Waals surface area contributed by atoms with Crippen LogP contribution in [0.25, 0.3) is 0 Å². The van der Waals surface area contributed by atoms with E-state index in [1.165, 1.54) is 5.56 Å². The molecule has 0 spiro atoms. The molecule has 2 aliphatic rings. The SMILES string of the molecule is CC(=O)N1CCC(Cc2ccc(CN(C(=O)c3ccc(C#N)cc3)C3CC3)cc2)CC1. The molecule has 2 aromatic rings. The first-order valence-corrected chi connectivity index (χ1v) is 11.2. The number of rotatable bonds is 6. The fourth-order valence-corrected chi connectivity index (χ4v) is 4.37. The van der Waals surface area contributed by atoms with Gasteiger partial charge in [-0.05, 0) is 73.4 Å². The maximum absolute atomic E-state index is 13.0. The lowest BCUT2D eigenvalue weighted by molar-refractivity contribution is -0.130. The van der Waals surface area contributed by atoms with Crippen LogP contribution in [0.5, 0.6) is 0 Å². The predicted molar refractivity (Wildman–Crippen MR) is 119 cm³/mol. The van der Waals surface area contributed by atoms with E-state index in [1.807, 2.05) is 9.80 Å². The zero-order chi connectivity index (χ0) is 21.8. The summed E-state index contributed by atoms with van der Waals surface area (Å²) in [4.78, 5) is 28.5. The molecule has 0 bridgehead atoms. The van der Waals surface area contributed by atoms with Crippen molar-refractivity contribution in [2.45, 2.75) is 51.6 Å². The van der Waals surface area contributed by atoms with E-state index in [4.69, 9.17) is 5.26 Å². The molecule has 0 aromatic heterocycles. The van der Waals surface area contributed by atoms with Gasteiger partial charge in [-0.25, -0.2) is 0 Å². The van der Waals surface area contributed by atoms with Gasteiger partial charge in [-0.1, -0.05) is 24.3 Å². The Morgan fingerprint density at radius 1 is 0.968 bits per heavy atom. The highest BCUT2D eigenvalue weighted by Crippen LogP contribution is 2.30. The van der Waals surface area contributed by atoms with Crippen molar-refractivity contribution in [3.63, 3.8) is 0 Å². The maximum Gasteiger partial charge on any atom is 0.254 e. The summed E-state index contributed by atoms with van der Waals surface area (Å²) in [5, 5.41) is 8.97. The molecule has 5 heteroatoms. The zero-order valence-electron chi connectivity index (χ0n) is 18.1. The Labute approximate surface area is 184 Å². The van der Waals surface area contributed by atoms with Gasteiger partial charge in [-0.3, -0.25) is 9.59 Å². The average Bonchev–Trinajstić information content (AvgIpc) is 3.64. The molecule has 0 radical (unpaired) electrons. The number of carbonyl (C=O) groups excluding carboxylic acids is 2. The molecule has 1 heterocycles. The summed E-state index contributed by atoms with van der Waals surface area (Å²) >= 11 is 0. The van der Waals surface area contributed by atoms with Crippen LogP contribution < -0.4 is 0 Å². The van der Waals surface area contributed by atoms with E-state index in [0.717, 1.165) is 50.8 Å². The second-order valence-corrected chi connectivity index (χ2v) is 8.82. The first-order valence-electron chi connectivity index (χ1n) is 11.2. The molecule has 4 rings (SSSR count). The van der Waals surface area contributed by atoms with Crippen LogP contribution in [-0.2, 0) is 17.8 Å². The number of nitriles is 1. The van der Waals surface area contributed by atoms with Gasteiger partial charge in [0.1, 0.15) is 0 Å². The lowest BCUT2D eigenvalue weighted by atomic mass is 9.90.